The van der Waals surface area contributed by atoms with Gasteiger partial charge in [0.2, 0.25) is 0 Å². The van der Waals surface area contributed by atoms with Gasteiger partial charge in [-0.3, -0.25) is 4.79 Å². The summed E-state index contributed by atoms with van der Waals surface area (Å²) < 4.78 is 13.5. The van der Waals surface area contributed by atoms with Crippen molar-refractivity contribution in [1.82, 2.24) is 5.32 Å². The van der Waals surface area contributed by atoms with Crippen molar-refractivity contribution in [2.24, 2.45) is 0 Å². The van der Waals surface area contributed by atoms with E-state index >= 15 is 0 Å². The zero-order chi connectivity index (χ0) is 15.4. The van der Waals surface area contributed by atoms with E-state index in [9.17, 15) is 9.18 Å². The van der Waals surface area contributed by atoms with Crippen molar-refractivity contribution >= 4 is 34.6 Å². The fourth-order valence-corrected chi connectivity index (χ4v) is 1.97. The van der Waals surface area contributed by atoms with Crippen molar-refractivity contribution in [2.45, 2.75) is 6.92 Å². The fraction of sp³-hybridized carbons (Fsp3) is 0.133. The van der Waals surface area contributed by atoms with E-state index in [2.05, 4.69) is 10.6 Å². The van der Waals surface area contributed by atoms with Gasteiger partial charge in [0.25, 0.3) is 5.91 Å². The van der Waals surface area contributed by atoms with Gasteiger partial charge >= 0.3 is 0 Å². The Morgan fingerprint density at radius 2 is 2.05 bits per heavy atom. The van der Waals surface area contributed by atoms with Gasteiger partial charge in [-0.15, -0.1) is 0 Å². The molecule has 0 atom stereocenters. The Kier molecular flexibility index (Phi) is 4.65. The number of carbonyl (C=O) groups excluding carboxylic acids is 1. The third kappa shape index (κ3) is 3.64. The fourth-order valence-electron chi connectivity index (χ4n) is 1.85. The molecule has 2 rings (SSSR count). The summed E-state index contributed by atoms with van der Waals surface area (Å²) in [5, 5.41) is 5.73. The number of rotatable bonds is 4. The summed E-state index contributed by atoms with van der Waals surface area (Å²) in [7, 11) is 0. The maximum Gasteiger partial charge on any atom is 0.253 e. The van der Waals surface area contributed by atoms with Crippen LogP contribution in [0.25, 0.3) is 0 Å². The van der Waals surface area contributed by atoms with Gasteiger partial charge in [0, 0.05) is 17.9 Å². The van der Waals surface area contributed by atoms with Gasteiger partial charge in [-0.05, 0) is 43.3 Å². The normalized spacial score (nSPS) is 10.2. The highest BCUT2D eigenvalue weighted by Gasteiger charge is 2.12. The number of amides is 1. The largest absolute Gasteiger partial charge is 0.399 e. The lowest BCUT2D eigenvalue weighted by atomic mass is 10.1. The topological polar surface area (TPSA) is 67.2 Å². The third-order valence-electron chi connectivity index (χ3n) is 2.82. The summed E-state index contributed by atoms with van der Waals surface area (Å²) >= 11 is 5.64. The summed E-state index contributed by atoms with van der Waals surface area (Å²) in [4.78, 5) is 12.0. The van der Waals surface area contributed by atoms with Crippen molar-refractivity contribution in [3.63, 3.8) is 0 Å². The Labute approximate surface area is 127 Å². The average molecular weight is 308 g/mol. The van der Waals surface area contributed by atoms with Crippen LogP contribution in [0.1, 0.15) is 17.3 Å². The first-order valence-corrected chi connectivity index (χ1v) is 6.79. The van der Waals surface area contributed by atoms with E-state index < -0.39 is 5.82 Å². The van der Waals surface area contributed by atoms with E-state index in [4.69, 9.17) is 17.3 Å². The van der Waals surface area contributed by atoms with Crippen LogP contribution in [0.3, 0.4) is 0 Å². The molecule has 0 bridgehead atoms. The standard InChI is InChI=1S/C15H15ClFN3O/c1-2-19-15(21)11-5-3-9(18)7-14(11)20-10-4-6-12(16)13(17)8-10/h3-8,20H,2,18H2,1H3,(H,19,21). The highest BCUT2D eigenvalue weighted by atomic mass is 35.5. The molecule has 4 N–H and O–H groups in total. The van der Waals surface area contributed by atoms with E-state index in [1.165, 1.54) is 12.1 Å². The van der Waals surface area contributed by atoms with Crippen molar-refractivity contribution in [3.05, 3.63) is 52.8 Å². The van der Waals surface area contributed by atoms with Crippen LogP contribution in [-0.4, -0.2) is 12.5 Å². The van der Waals surface area contributed by atoms with Gasteiger partial charge in [-0.25, -0.2) is 4.39 Å². The van der Waals surface area contributed by atoms with E-state index in [1.807, 2.05) is 6.92 Å². The molecule has 2 aromatic carbocycles. The number of nitrogen functional groups attached to an aromatic ring is 1. The number of nitrogens with one attached hydrogen (secondary N) is 2. The van der Waals surface area contributed by atoms with Gasteiger partial charge in [0.1, 0.15) is 5.82 Å². The Balaban J connectivity index is 2.35. The molecule has 4 nitrogen and oxygen atoms in total. The number of carbonyl (C=O) groups is 1. The van der Waals surface area contributed by atoms with E-state index in [0.29, 0.717) is 29.2 Å². The van der Waals surface area contributed by atoms with Gasteiger partial charge in [-0.2, -0.15) is 0 Å². The van der Waals surface area contributed by atoms with Crippen LogP contribution >= 0.6 is 11.6 Å². The summed E-state index contributed by atoms with van der Waals surface area (Å²) in [5.74, 6) is -0.764. The lowest BCUT2D eigenvalue weighted by Gasteiger charge is -2.13. The zero-order valence-electron chi connectivity index (χ0n) is 11.4. The Bertz CT molecular complexity index is 676. The third-order valence-corrected chi connectivity index (χ3v) is 3.13. The second-order valence-corrected chi connectivity index (χ2v) is 4.83. The second kappa shape index (κ2) is 6.45. The molecular weight excluding hydrogens is 293 g/mol. The summed E-state index contributed by atoms with van der Waals surface area (Å²) in [5.41, 5.74) is 7.66. The summed E-state index contributed by atoms with van der Waals surface area (Å²) in [6.45, 7) is 2.34. The number of nitrogens with two attached hydrogens (primary N) is 1. The first-order valence-electron chi connectivity index (χ1n) is 6.41. The number of hydrogen-bond acceptors (Lipinski definition) is 3. The molecule has 0 fully saturated rings. The Hall–Kier alpha value is -2.27. The summed E-state index contributed by atoms with van der Waals surface area (Å²) in [6, 6.07) is 9.20. The van der Waals surface area contributed by atoms with Crippen LogP contribution in [0.15, 0.2) is 36.4 Å². The first-order chi connectivity index (χ1) is 10.0. The molecule has 110 valence electrons. The molecule has 21 heavy (non-hydrogen) atoms. The minimum atomic E-state index is -0.537. The van der Waals surface area contributed by atoms with Crippen molar-refractivity contribution in [1.29, 1.82) is 0 Å². The van der Waals surface area contributed by atoms with Crippen LogP contribution in [0.2, 0.25) is 5.02 Å². The molecular formula is C15H15ClFN3O. The molecule has 1 amide bonds. The van der Waals surface area contributed by atoms with Crippen molar-refractivity contribution in [2.75, 3.05) is 17.6 Å². The van der Waals surface area contributed by atoms with E-state index in [-0.39, 0.29) is 10.9 Å². The monoisotopic (exact) mass is 307 g/mol. The molecule has 0 aromatic heterocycles. The molecule has 0 saturated heterocycles. The second-order valence-electron chi connectivity index (χ2n) is 4.42. The Morgan fingerprint density at radius 3 is 2.71 bits per heavy atom. The van der Waals surface area contributed by atoms with Crippen LogP contribution in [0, 0.1) is 5.82 Å². The van der Waals surface area contributed by atoms with Gasteiger partial charge in [-0.1, -0.05) is 11.6 Å². The SMILES string of the molecule is CCNC(=O)c1ccc(N)cc1Nc1ccc(Cl)c(F)c1. The van der Waals surface area contributed by atoms with Crippen molar-refractivity contribution in [3.8, 4) is 0 Å². The number of halogens is 2. The Morgan fingerprint density at radius 1 is 1.29 bits per heavy atom. The molecule has 6 heteroatoms. The van der Waals surface area contributed by atoms with Crippen LogP contribution < -0.4 is 16.4 Å². The lowest BCUT2D eigenvalue weighted by molar-refractivity contribution is 0.0956. The molecule has 0 unspecified atom stereocenters. The van der Waals surface area contributed by atoms with Crippen molar-refractivity contribution < 1.29 is 9.18 Å². The van der Waals surface area contributed by atoms with Gasteiger partial charge < -0.3 is 16.4 Å². The van der Waals surface area contributed by atoms with Gasteiger partial charge in [0.15, 0.2) is 0 Å². The number of benzene rings is 2. The zero-order valence-corrected chi connectivity index (χ0v) is 12.2. The molecule has 0 aliphatic carbocycles. The average Bonchev–Trinajstić information content (AvgIpc) is 2.43. The molecule has 0 radical (unpaired) electrons. The van der Waals surface area contributed by atoms with Crippen LogP contribution in [0.5, 0.6) is 0 Å². The quantitative estimate of drug-likeness (QED) is 0.757. The van der Waals surface area contributed by atoms with Crippen LogP contribution in [0.4, 0.5) is 21.5 Å². The number of anilines is 3. The highest BCUT2D eigenvalue weighted by Crippen LogP contribution is 2.26. The molecule has 0 spiro atoms. The predicted octanol–water partition coefficient (Wildman–Crippen LogP) is 3.55. The molecule has 0 heterocycles. The smallest absolute Gasteiger partial charge is 0.253 e. The molecule has 2 aromatic rings. The predicted molar refractivity (Wildman–Crippen MR) is 83.6 cm³/mol. The molecule has 0 aliphatic heterocycles. The minimum Gasteiger partial charge on any atom is -0.399 e. The minimum absolute atomic E-state index is 0.0390. The number of hydrogen-bond donors (Lipinski definition) is 3. The maximum atomic E-state index is 13.5. The molecule has 0 saturated carbocycles. The van der Waals surface area contributed by atoms with Gasteiger partial charge in [0.05, 0.1) is 16.3 Å². The summed E-state index contributed by atoms with van der Waals surface area (Å²) in [6.07, 6.45) is 0. The van der Waals surface area contributed by atoms with E-state index in [0.717, 1.165) is 0 Å². The first kappa shape index (κ1) is 15.1. The maximum absolute atomic E-state index is 13.5. The van der Waals surface area contributed by atoms with Crippen LogP contribution in [-0.2, 0) is 0 Å². The molecule has 0 aliphatic rings. The van der Waals surface area contributed by atoms with E-state index in [1.54, 1.807) is 24.3 Å². The lowest BCUT2D eigenvalue weighted by Crippen LogP contribution is -2.23. The highest BCUT2D eigenvalue weighted by molar-refractivity contribution is 6.30.